The second kappa shape index (κ2) is 4.35. The molecule has 2 heteroatoms. The normalized spacial score (nSPS) is 20.7. The first-order valence-electron chi connectivity index (χ1n) is 4.11. The Labute approximate surface area is 71.9 Å². The van der Waals surface area contributed by atoms with Crippen LogP contribution in [-0.4, -0.2) is 29.9 Å². The van der Waals surface area contributed by atoms with Gasteiger partial charge in [0.05, 0.1) is 0 Å². The molecule has 0 aromatic carbocycles. The van der Waals surface area contributed by atoms with E-state index in [0.717, 1.165) is 11.4 Å². The van der Waals surface area contributed by atoms with Gasteiger partial charge < -0.3 is 4.90 Å². The van der Waals surface area contributed by atoms with Crippen molar-refractivity contribution in [1.82, 2.24) is 4.90 Å². The quantitative estimate of drug-likeness (QED) is 0.640. The highest BCUT2D eigenvalue weighted by Crippen LogP contribution is 2.21. The van der Waals surface area contributed by atoms with Gasteiger partial charge in [-0.2, -0.15) is 0 Å². The summed E-state index contributed by atoms with van der Waals surface area (Å²) >= 11 is 3.46. The van der Waals surface area contributed by atoms with Gasteiger partial charge in [-0.3, -0.25) is 0 Å². The summed E-state index contributed by atoms with van der Waals surface area (Å²) in [6.07, 6.45) is 5.72. The lowest BCUT2D eigenvalue weighted by atomic mass is 10.2. The van der Waals surface area contributed by atoms with Crippen LogP contribution < -0.4 is 0 Å². The molecule has 0 saturated heterocycles. The van der Waals surface area contributed by atoms with Gasteiger partial charge in [0.25, 0.3) is 0 Å². The summed E-state index contributed by atoms with van der Waals surface area (Å²) in [7, 11) is 2.23. The molecule has 1 fully saturated rings. The van der Waals surface area contributed by atoms with Crippen molar-refractivity contribution in [2.75, 3.05) is 18.9 Å². The molecule has 1 rings (SSSR count). The van der Waals surface area contributed by atoms with E-state index in [-0.39, 0.29) is 0 Å². The van der Waals surface area contributed by atoms with E-state index in [1.165, 1.54) is 32.2 Å². The molecule has 0 amide bonds. The highest BCUT2D eigenvalue weighted by molar-refractivity contribution is 9.09. The summed E-state index contributed by atoms with van der Waals surface area (Å²) in [5.41, 5.74) is 0. The van der Waals surface area contributed by atoms with E-state index in [2.05, 4.69) is 27.9 Å². The molecule has 10 heavy (non-hydrogen) atoms. The third-order valence-corrected chi connectivity index (χ3v) is 2.74. The number of hydrogen-bond acceptors (Lipinski definition) is 1. The van der Waals surface area contributed by atoms with Crippen molar-refractivity contribution in [3.8, 4) is 0 Å². The minimum atomic E-state index is 0.887. The van der Waals surface area contributed by atoms with E-state index < -0.39 is 0 Å². The third-order valence-electron chi connectivity index (χ3n) is 2.39. The van der Waals surface area contributed by atoms with Crippen molar-refractivity contribution in [3.05, 3.63) is 0 Å². The zero-order valence-corrected chi connectivity index (χ0v) is 8.23. The molecule has 0 spiro atoms. The highest BCUT2D eigenvalue weighted by Gasteiger charge is 2.18. The van der Waals surface area contributed by atoms with Crippen molar-refractivity contribution < 1.29 is 0 Å². The van der Waals surface area contributed by atoms with Gasteiger partial charge in [-0.1, -0.05) is 28.8 Å². The number of alkyl halides is 1. The van der Waals surface area contributed by atoms with E-state index in [1.807, 2.05) is 0 Å². The fourth-order valence-electron chi connectivity index (χ4n) is 1.66. The Hall–Kier alpha value is 0.440. The standard InChI is InChI=1S/C8H16BrN/c1-10(7-6-9)8-4-2-3-5-8/h8H,2-7H2,1H3. The molecule has 0 heterocycles. The lowest BCUT2D eigenvalue weighted by Crippen LogP contribution is -2.30. The minimum absolute atomic E-state index is 0.887. The fourth-order valence-corrected chi connectivity index (χ4v) is 2.22. The average molecular weight is 206 g/mol. The third kappa shape index (κ3) is 2.24. The monoisotopic (exact) mass is 205 g/mol. The molecule has 60 valence electrons. The second-order valence-corrected chi connectivity index (χ2v) is 3.90. The summed E-state index contributed by atoms with van der Waals surface area (Å²) in [5, 5.41) is 1.11. The van der Waals surface area contributed by atoms with Crippen LogP contribution in [0.3, 0.4) is 0 Å². The van der Waals surface area contributed by atoms with E-state index >= 15 is 0 Å². The Morgan fingerprint density at radius 3 is 2.50 bits per heavy atom. The Kier molecular flexibility index (Phi) is 3.71. The maximum absolute atomic E-state index is 3.46. The van der Waals surface area contributed by atoms with Gasteiger partial charge in [-0.25, -0.2) is 0 Å². The minimum Gasteiger partial charge on any atom is -0.303 e. The van der Waals surface area contributed by atoms with Gasteiger partial charge in [0, 0.05) is 17.9 Å². The van der Waals surface area contributed by atoms with Crippen LogP contribution in [0.1, 0.15) is 25.7 Å². The number of rotatable bonds is 3. The van der Waals surface area contributed by atoms with Gasteiger partial charge in [0.1, 0.15) is 0 Å². The van der Waals surface area contributed by atoms with E-state index in [9.17, 15) is 0 Å². The van der Waals surface area contributed by atoms with E-state index in [1.54, 1.807) is 0 Å². The van der Waals surface area contributed by atoms with Crippen molar-refractivity contribution in [1.29, 1.82) is 0 Å². The van der Waals surface area contributed by atoms with Gasteiger partial charge >= 0.3 is 0 Å². The Morgan fingerprint density at radius 2 is 2.00 bits per heavy atom. The summed E-state index contributed by atoms with van der Waals surface area (Å²) in [4.78, 5) is 2.47. The van der Waals surface area contributed by atoms with Gasteiger partial charge in [0.2, 0.25) is 0 Å². The summed E-state index contributed by atoms with van der Waals surface area (Å²) in [5.74, 6) is 0. The van der Waals surface area contributed by atoms with Crippen molar-refractivity contribution in [2.24, 2.45) is 0 Å². The molecule has 1 saturated carbocycles. The largest absolute Gasteiger partial charge is 0.303 e. The molecule has 0 aromatic rings. The molecule has 0 aliphatic heterocycles. The number of nitrogens with zero attached hydrogens (tertiary/aromatic N) is 1. The van der Waals surface area contributed by atoms with Crippen LogP contribution in [-0.2, 0) is 0 Å². The van der Waals surface area contributed by atoms with Crippen LogP contribution in [0, 0.1) is 0 Å². The molecular weight excluding hydrogens is 190 g/mol. The lowest BCUT2D eigenvalue weighted by molar-refractivity contribution is 0.261. The Bertz CT molecular complexity index is 89.3. The molecule has 1 aliphatic rings. The summed E-state index contributed by atoms with van der Waals surface area (Å²) in [6.45, 7) is 1.20. The van der Waals surface area contributed by atoms with Crippen molar-refractivity contribution in [2.45, 2.75) is 31.7 Å². The van der Waals surface area contributed by atoms with E-state index in [0.29, 0.717) is 0 Å². The first-order chi connectivity index (χ1) is 4.84. The van der Waals surface area contributed by atoms with Gasteiger partial charge in [0.15, 0.2) is 0 Å². The predicted molar refractivity (Wildman–Crippen MR) is 48.7 cm³/mol. The number of hydrogen-bond donors (Lipinski definition) is 0. The highest BCUT2D eigenvalue weighted by atomic mass is 79.9. The van der Waals surface area contributed by atoms with Gasteiger partial charge in [-0.15, -0.1) is 0 Å². The zero-order chi connectivity index (χ0) is 7.40. The van der Waals surface area contributed by atoms with Crippen molar-refractivity contribution >= 4 is 15.9 Å². The van der Waals surface area contributed by atoms with Gasteiger partial charge in [-0.05, 0) is 19.9 Å². The summed E-state index contributed by atoms with van der Waals surface area (Å²) < 4.78 is 0. The first-order valence-corrected chi connectivity index (χ1v) is 5.23. The molecule has 0 N–H and O–H groups in total. The molecule has 0 atom stereocenters. The van der Waals surface area contributed by atoms with Crippen LogP contribution in [0.25, 0.3) is 0 Å². The zero-order valence-electron chi connectivity index (χ0n) is 6.65. The van der Waals surface area contributed by atoms with Crippen LogP contribution in [0.15, 0.2) is 0 Å². The maximum atomic E-state index is 3.46. The molecule has 0 aromatic heterocycles. The molecule has 1 nitrogen and oxygen atoms in total. The molecular formula is C8H16BrN. The molecule has 1 aliphatic carbocycles. The van der Waals surface area contributed by atoms with Crippen molar-refractivity contribution in [3.63, 3.8) is 0 Å². The first kappa shape index (κ1) is 8.54. The van der Waals surface area contributed by atoms with Crippen LogP contribution >= 0.6 is 15.9 Å². The number of halogens is 1. The van der Waals surface area contributed by atoms with E-state index in [4.69, 9.17) is 0 Å². The maximum Gasteiger partial charge on any atom is 0.0159 e. The average Bonchev–Trinajstić information content (AvgIpc) is 2.38. The Morgan fingerprint density at radius 1 is 1.40 bits per heavy atom. The SMILES string of the molecule is CN(CCBr)C1CCCC1. The Balaban J connectivity index is 2.18. The molecule has 0 bridgehead atoms. The molecule has 0 unspecified atom stereocenters. The summed E-state index contributed by atoms with van der Waals surface area (Å²) in [6, 6.07) is 0.887. The van der Waals surface area contributed by atoms with Crippen LogP contribution in [0.5, 0.6) is 0 Å². The van der Waals surface area contributed by atoms with Crippen LogP contribution in [0.2, 0.25) is 0 Å². The fraction of sp³-hybridized carbons (Fsp3) is 1.00. The smallest absolute Gasteiger partial charge is 0.0159 e. The van der Waals surface area contributed by atoms with Crippen LogP contribution in [0.4, 0.5) is 0 Å². The predicted octanol–water partition coefficient (Wildman–Crippen LogP) is 2.26. The second-order valence-electron chi connectivity index (χ2n) is 3.11. The topological polar surface area (TPSA) is 3.24 Å². The molecule has 0 radical (unpaired) electrons. The lowest BCUT2D eigenvalue weighted by Gasteiger charge is -2.22.